The summed E-state index contributed by atoms with van der Waals surface area (Å²) < 4.78 is 31.8. The Hall–Kier alpha value is -2.17. The van der Waals surface area contributed by atoms with Gasteiger partial charge in [0.2, 0.25) is 0 Å². The molecule has 0 saturated carbocycles. The van der Waals surface area contributed by atoms with Crippen molar-refractivity contribution in [1.29, 1.82) is 0 Å². The van der Waals surface area contributed by atoms with Crippen LogP contribution in [0.15, 0.2) is 9.89 Å². The molecule has 1 atom stereocenters. The quantitative estimate of drug-likeness (QED) is 0.202. The average Bonchev–Trinajstić information content (AvgIpc) is 2.94. The zero-order valence-corrected chi connectivity index (χ0v) is 18.3. The van der Waals surface area contributed by atoms with E-state index in [-0.39, 0.29) is 10.5 Å². The highest BCUT2D eigenvalue weighted by Crippen LogP contribution is 2.43. The van der Waals surface area contributed by atoms with Gasteiger partial charge in [0.25, 0.3) is 10.0 Å². The van der Waals surface area contributed by atoms with Crippen LogP contribution in [-0.2, 0) is 21.2 Å². The van der Waals surface area contributed by atoms with Crippen molar-refractivity contribution in [2.45, 2.75) is 70.4 Å². The molecule has 2 rings (SSSR count). The summed E-state index contributed by atoms with van der Waals surface area (Å²) in [4.78, 5) is 17.2. The molecule has 0 radical (unpaired) electrons. The summed E-state index contributed by atoms with van der Waals surface area (Å²) in [5.74, 6) is -0.276. The van der Waals surface area contributed by atoms with Crippen molar-refractivity contribution in [2.75, 3.05) is 6.54 Å². The molecule has 29 heavy (non-hydrogen) atoms. The fraction of sp³-hybridized carbons (Fsp3) is 0.579. The minimum absolute atomic E-state index is 0.239. The van der Waals surface area contributed by atoms with Gasteiger partial charge in [-0.05, 0) is 64.2 Å². The van der Waals surface area contributed by atoms with Gasteiger partial charge in [-0.3, -0.25) is 15.2 Å². The molecule has 1 aliphatic rings. The van der Waals surface area contributed by atoms with Crippen LogP contribution in [0.3, 0.4) is 0 Å². The van der Waals surface area contributed by atoms with Crippen molar-refractivity contribution in [3.63, 3.8) is 0 Å². The maximum atomic E-state index is 12.9. The summed E-state index contributed by atoms with van der Waals surface area (Å²) in [5.41, 5.74) is 10.6. The summed E-state index contributed by atoms with van der Waals surface area (Å²) in [5, 5.41) is 8.71. The number of aliphatic carboxylic acids is 1. The van der Waals surface area contributed by atoms with Crippen molar-refractivity contribution in [2.24, 2.45) is 10.7 Å². The van der Waals surface area contributed by atoms with Crippen LogP contribution in [0.2, 0.25) is 0 Å². The SMILES string of the molecule is Cc1c(C)c(S(=O)(=O)NNC=NCCC[C@H](N)C(=O)O)c(C)c2c1OC(C)(C)C2. The summed E-state index contributed by atoms with van der Waals surface area (Å²) in [6.07, 6.45) is 2.66. The van der Waals surface area contributed by atoms with Crippen molar-refractivity contribution in [3.05, 3.63) is 22.3 Å². The van der Waals surface area contributed by atoms with Crippen LogP contribution in [0.4, 0.5) is 0 Å². The van der Waals surface area contributed by atoms with Gasteiger partial charge in [0.15, 0.2) is 0 Å². The third-order valence-electron chi connectivity index (χ3n) is 5.03. The van der Waals surface area contributed by atoms with Gasteiger partial charge in [0.05, 0.1) is 11.2 Å². The lowest BCUT2D eigenvalue weighted by Gasteiger charge is -2.19. The molecule has 10 heteroatoms. The van der Waals surface area contributed by atoms with E-state index >= 15 is 0 Å². The molecular weight excluding hydrogens is 396 g/mol. The molecule has 0 amide bonds. The second-order valence-corrected chi connectivity index (χ2v) is 9.54. The number of fused-ring (bicyclic) bond motifs is 1. The molecule has 162 valence electrons. The first-order valence-electron chi connectivity index (χ1n) is 9.43. The van der Waals surface area contributed by atoms with Gasteiger partial charge in [-0.2, -0.15) is 0 Å². The first-order valence-corrected chi connectivity index (χ1v) is 10.9. The topological polar surface area (TPSA) is 143 Å². The Bertz CT molecular complexity index is 925. The molecule has 0 aromatic heterocycles. The number of hydrazine groups is 1. The summed E-state index contributed by atoms with van der Waals surface area (Å²) in [6.45, 7) is 9.73. The molecule has 0 bridgehead atoms. The van der Waals surface area contributed by atoms with E-state index in [9.17, 15) is 13.2 Å². The molecule has 0 spiro atoms. The number of nitrogens with zero attached hydrogens (tertiary/aromatic N) is 1. The van der Waals surface area contributed by atoms with Crippen LogP contribution in [-0.4, -0.2) is 44.0 Å². The van der Waals surface area contributed by atoms with Crippen LogP contribution in [0.5, 0.6) is 5.75 Å². The summed E-state index contributed by atoms with van der Waals surface area (Å²) in [6, 6.07) is -0.917. The number of sulfonamides is 1. The fourth-order valence-electron chi connectivity index (χ4n) is 3.44. The molecular formula is C19H30N4O5S. The van der Waals surface area contributed by atoms with Crippen LogP contribution in [0.25, 0.3) is 0 Å². The lowest BCUT2D eigenvalue weighted by Crippen LogP contribution is -2.37. The minimum Gasteiger partial charge on any atom is -0.487 e. The number of nitrogens with two attached hydrogens (primary N) is 1. The predicted octanol–water partition coefficient (Wildman–Crippen LogP) is 1.33. The van der Waals surface area contributed by atoms with Crippen molar-refractivity contribution in [1.82, 2.24) is 10.3 Å². The Morgan fingerprint density at radius 3 is 2.59 bits per heavy atom. The highest BCUT2D eigenvalue weighted by Gasteiger charge is 2.36. The number of ether oxygens (including phenoxy) is 1. The van der Waals surface area contributed by atoms with Crippen molar-refractivity contribution >= 4 is 22.3 Å². The molecule has 0 saturated heterocycles. The number of aliphatic imine (C=N–C) groups is 1. The maximum Gasteiger partial charge on any atom is 0.320 e. The highest BCUT2D eigenvalue weighted by atomic mass is 32.2. The van der Waals surface area contributed by atoms with Gasteiger partial charge in [0.1, 0.15) is 17.4 Å². The smallest absolute Gasteiger partial charge is 0.320 e. The van der Waals surface area contributed by atoms with E-state index in [4.69, 9.17) is 15.6 Å². The monoisotopic (exact) mass is 426 g/mol. The molecule has 0 unspecified atom stereocenters. The summed E-state index contributed by atoms with van der Waals surface area (Å²) in [7, 11) is -3.83. The molecule has 0 aliphatic carbocycles. The molecule has 1 heterocycles. The second-order valence-electron chi connectivity index (χ2n) is 7.92. The minimum atomic E-state index is -3.83. The van der Waals surface area contributed by atoms with Gasteiger partial charge in [-0.15, -0.1) is 4.83 Å². The van der Waals surface area contributed by atoms with Crippen LogP contribution in [0, 0.1) is 20.8 Å². The number of carbonyl (C=O) groups is 1. The third kappa shape index (κ3) is 5.26. The molecule has 9 nitrogen and oxygen atoms in total. The Balaban J connectivity index is 2.06. The van der Waals surface area contributed by atoms with Crippen LogP contribution < -0.4 is 20.7 Å². The molecule has 1 aromatic rings. The fourth-order valence-corrected chi connectivity index (χ4v) is 4.83. The molecule has 1 aliphatic heterocycles. The van der Waals surface area contributed by atoms with Gasteiger partial charge in [0, 0.05) is 18.5 Å². The van der Waals surface area contributed by atoms with E-state index in [0.29, 0.717) is 36.9 Å². The van der Waals surface area contributed by atoms with E-state index in [1.807, 2.05) is 20.8 Å². The normalized spacial score (nSPS) is 16.5. The number of benzene rings is 1. The number of hydrogen-bond donors (Lipinski definition) is 4. The molecule has 1 aromatic carbocycles. The van der Waals surface area contributed by atoms with Gasteiger partial charge >= 0.3 is 5.97 Å². The summed E-state index contributed by atoms with van der Waals surface area (Å²) >= 11 is 0. The Kier molecular flexibility index (Phi) is 6.92. The van der Waals surface area contributed by atoms with Gasteiger partial charge in [-0.1, -0.05) is 0 Å². The van der Waals surface area contributed by atoms with E-state index in [1.54, 1.807) is 13.8 Å². The number of rotatable bonds is 9. The largest absolute Gasteiger partial charge is 0.487 e. The van der Waals surface area contributed by atoms with Gasteiger partial charge in [-0.25, -0.2) is 8.42 Å². The van der Waals surface area contributed by atoms with Crippen LogP contribution in [0.1, 0.15) is 48.9 Å². The first kappa shape index (κ1) is 23.1. The van der Waals surface area contributed by atoms with Crippen molar-refractivity contribution in [3.8, 4) is 5.75 Å². The predicted molar refractivity (Wildman–Crippen MR) is 111 cm³/mol. The zero-order chi connectivity index (χ0) is 22.0. The standard InChI is InChI=1S/C19H30N4O5S/c1-11-12(2)17(13(3)14-9-19(4,5)28-16(11)14)29(26,27)23-22-10-21-8-6-7-15(20)18(24)25/h10,15,23H,6-9,20H2,1-5H3,(H,21,22)(H,24,25)/t15-/m0/s1. The number of hydrogen-bond acceptors (Lipinski definition) is 6. The van der Waals surface area contributed by atoms with E-state index in [2.05, 4.69) is 15.2 Å². The third-order valence-corrected chi connectivity index (χ3v) is 6.57. The Labute approximate surface area is 171 Å². The zero-order valence-electron chi connectivity index (χ0n) is 17.5. The van der Waals surface area contributed by atoms with E-state index in [1.165, 1.54) is 6.34 Å². The number of nitrogens with one attached hydrogen (secondary N) is 2. The molecule has 5 N–H and O–H groups in total. The Morgan fingerprint density at radius 1 is 1.31 bits per heavy atom. The van der Waals surface area contributed by atoms with Crippen molar-refractivity contribution < 1.29 is 23.1 Å². The second kappa shape index (κ2) is 8.68. The highest BCUT2D eigenvalue weighted by molar-refractivity contribution is 7.89. The first-order chi connectivity index (χ1) is 13.4. The van der Waals surface area contributed by atoms with Gasteiger partial charge < -0.3 is 15.6 Å². The van der Waals surface area contributed by atoms with E-state index in [0.717, 1.165) is 16.9 Å². The number of carboxylic acid groups (broad SMARTS) is 1. The molecule has 0 fully saturated rings. The lowest BCUT2D eigenvalue weighted by atomic mass is 9.94. The lowest BCUT2D eigenvalue weighted by molar-refractivity contribution is -0.138. The number of carboxylic acids is 1. The average molecular weight is 427 g/mol. The van der Waals surface area contributed by atoms with E-state index < -0.39 is 22.0 Å². The Morgan fingerprint density at radius 2 is 1.97 bits per heavy atom. The maximum absolute atomic E-state index is 12.9. The van der Waals surface area contributed by atoms with Crippen LogP contribution >= 0.6 is 0 Å².